The van der Waals surface area contributed by atoms with Gasteiger partial charge in [-0.25, -0.2) is 4.79 Å². The number of rotatable bonds is 2. The molecular weight excluding hydrogens is 256 g/mol. The molecule has 20 heavy (non-hydrogen) atoms. The number of hydrogen-bond acceptors (Lipinski definition) is 3. The third-order valence-electron chi connectivity index (χ3n) is 4.29. The molecule has 0 aromatic heterocycles. The van der Waals surface area contributed by atoms with Gasteiger partial charge in [-0.2, -0.15) is 0 Å². The molecule has 0 bridgehead atoms. The summed E-state index contributed by atoms with van der Waals surface area (Å²) in [5.41, 5.74) is 2.16. The average Bonchev–Trinajstić information content (AvgIpc) is 2.77. The Balaban J connectivity index is 2.01. The number of anilines is 1. The highest BCUT2D eigenvalue weighted by Gasteiger charge is 2.36. The summed E-state index contributed by atoms with van der Waals surface area (Å²) in [5.74, 6) is -0.753. The molecule has 1 amide bonds. The minimum absolute atomic E-state index is 0.136. The van der Waals surface area contributed by atoms with E-state index in [1.54, 1.807) is 17.0 Å². The van der Waals surface area contributed by atoms with Gasteiger partial charge in [0.25, 0.3) is 0 Å². The Morgan fingerprint density at radius 2 is 2.15 bits per heavy atom. The van der Waals surface area contributed by atoms with Gasteiger partial charge < -0.3 is 14.9 Å². The lowest BCUT2D eigenvalue weighted by molar-refractivity contribution is -0.127. The molecule has 1 fully saturated rings. The minimum atomic E-state index is -0.890. The first-order valence-corrected chi connectivity index (χ1v) is 6.96. The number of hydrogen-bond donors (Lipinski definition) is 1. The van der Waals surface area contributed by atoms with Crippen molar-refractivity contribution in [2.45, 2.75) is 25.3 Å². The van der Waals surface area contributed by atoms with E-state index in [4.69, 9.17) is 0 Å². The van der Waals surface area contributed by atoms with Gasteiger partial charge in [0, 0.05) is 25.8 Å². The molecule has 0 saturated carbocycles. The third-order valence-corrected chi connectivity index (χ3v) is 4.29. The van der Waals surface area contributed by atoms with Gasteiger partial charge in [0.1, 0.15) is 6.04 Å². The first-order chi connectivity index (χ1) is 9.59. The molecule has 1 unspecified atom stereocenters. The van der Waals surface area contributed by atoms with E-state index in [1.165, 1.54) is 0 Å². The molecule has 1 atom stereocenters. The molecular formula is C15H18N2O3. The van der Waals surface area contributed by atoms with E-state index in [0.717, 1.165) is 43.6 Å². The van der Waals surface area contributed by atoms with Crippen LogP contribution >= 0.6 is 0 Å². The van der Waals surface area contributed by atoms with E-state index in [0.29, 0.717) is 5.56 Å². The molecule has 0 radical (unpaired) electrons. The fourth-order valence-corrected chi connectivity index (χ4v) is 3.27. The zero-order valence-electron chi connectivity index (χ0n) is 11.5. The van der Waals surface area contributed by atoms with Crippen molar-refractivity contribution in [2.24, 2.45) is 0 Å². The van der Waals surface area contributed by atoms with Crippen LogP contribution in [-0.2, 0) is 11.2 Å². The molecule has 2 aliphatic rings. The molecule has 106 valence electrons. The Bertz CT molecular complexity index is 570. The number of aromatic carboxylic acids is 1. The van der Waals surface area contributed by atoms with Crippen molar-refractivity contribution in [2.75, 3.05) is 25.0 Å². The van der Waals surface area contributed by atoms with Crippen LogP contribution in [0.15, 0.2) is 18.2 Å². The molecule has 1 saturated heterocycles. The quantitative estimate of drug-likeness (QED) is 0.884. The molecule has 2 heterocycles. The fraction of sp³-hybridized carbons (Fsp3) is 0.467. The molecule has 1 aromatic rings. The Hall–Kier alpha value is -2.04. The maximum Gasteiger partial charge on any atom is 0.336 e. The summed E-state index contributed by atoms with van der Waals surface area (Å²) in [7, 11) is 1.82. The van der Waals surface area contributed by atoms with Gasteiger partial charge in [-0.1, -0.05) is 6.07 Å². The second-order valence-corrected chi connectivity index (χ2v) is 5.47. The van der Waals surface area contributed by atoms with Crippen molar-refractivity contribution in [3.8, 4) is 0 Å². The number of fused-ring (bicyclic) bond motifs is 1. The second kappa shape index (κ2) is 4.81. The summed E-state index contributed by atoms with van der Waals surface area (Å²) < 4.78 is 0. The van der Waals surface area contributed by atoms with E-state index in [9.17, 15) is 14.7 Å². The van der Waals surface area contributed by atoms with Crippen LogP contribution < -0.4 is 4.90 Å². The molecule has 0 spiro atoms. The Labute approximate surface area is 117 Å². The lowest BCUT2D eigenvalue weighted by atomic mass is 9.95. The molecule has 2 aliphatic heterocycles. The van der Waals surface area contributed by atoms with E-state index >= 15 is 0 Å². The number of carboxylic acids is 1. The summed E-state index contributed by atoms with van der Waals surface area (Å²) in [6.07, 6.45) is 2.47. The van der Waals surface area contributed by atoms with E-state index in [2.05, 4.69) is 4.90 Å². The summed E-state index contributed by atoms with van der Waals surface area (Å²) in [6.45, 7) is 1.59. The molecule has 3 rings (SSSR count). The van der Waals surface area contributed by atoms with Crippen LogP contribution in [-0.4, -0.2) is 48.1 Å². The first kappa shape index (κ1) is 13.0. The topological polar surface area (TPSA) is 60.9 Å². The van der Waals surface area contributed by atoms with Crippen LogP contribution in [0.3, 0.4) is 0 Å². The van der Waals surface area contributed by atoms with Crippen molar-refractivity contribution >= 4 is 17.6 Å². The van der Waals surface area contributed by atoms with Crippen LogP contribution in [0.1, 0.15) is 28.8 Å². The monoisotopic (exact) mass is 274 g/mol. The van der Waals surface area contributed by atoms with Crippen molar-refractivity contribution in [1.29, 1.82) is 0 Å². The predicted octanol–water partition coefficient (Wildman–Crippen LogP) is 1.37. The number of carboxylic acid groups (broad SMARTS) is 1. The normalized spacial score (nSPS) is 22.1. The van der Waals surface area contributed by atoms with Gasteiger partial charge in [-0.3, -0.25) is 4.79 Å². The van der Waals surface area contributed by atoms with E-state index in [1.807, 2.05) is 13.1 Å². The number of likely N-dealkylation sites (tertiary alicyclic amines) is 1. The Morgan fingerprint density at radius 3 is 2.80 bits per heavy atom. The van der Waals surface area contributed by atoms with Gasteiger partial charge >= 0.3 is 5.97 Å². The number of carbonyl (C=O) groups is 2. The minimum Gasteiger partial charge on any atom is -0.478 e. The molecule has 1 aromatic carbocycles. The van der Waals surface area contributed by atoms with Gasteiger partial charge in [-0.15, -0.1) is 0 Å². The van der Waals surface area contributed by atoms with Gasteiger partial charge in [0.15, 0.2) is 0 Å². The molecule has 5 nitrogen and oxygen atoms in total. The van der Waals surface area contributed by atoms with Crippen molar-refractivity contribution < 1.29 is 14.7 Å². The van der Waals surface area contributed by atoms with Crippen molar-refractivity contribution in [1.82, 2.24) is 4.90 Å². The Kier molecular flexibility index (Phi) is 3.12. The number of carbonyl (C=O) groups excluding carboxylic acids is 1. The highest BCUT2D eigenvalue weighted by atomic mass is 16.4. The lowest BCUT2D eigenvalue weighted by Crippen LogP contribution is -2.44. The van der Waals surface area contributed by atoms with Gasteiger partial charge in [-0.05, 0) is 37.0 Å². The summed E-state index contributed by atoms with van der Waals surface area (Å²) in [5, 5.41) is 9.29. The van der Waals surface area contributed by atoms with Gasteiger partial charge in [0.2, 0.25) is 5.91 Å². The number of nitrogens with zero attached hydrogens (tertiary/aromatic N) is 2. The number of amides is 1. The smallest absolute Gasteiger partial charge is 0.336 e. The standard InChI is InChI=1S/C15H18N2O3/c1-16-9-7-13(14(16)18)17-8-3-5-10-11(15(19)20)4-2-6-12(10)17/h2,4,6,13H,3,5,7-9H2,1H3,(H,19,20). The van der Waals surface area contributed by atoms with Gasteiger partial charge in [0.05, 0.1) is 5.56 Å². The predicted molar refractivity (Wildman–Crippen MR) is 75.1 cm³/mol. The van der Waals surface area contributed by atoms with E-state index < -0.39 is 5.97 Å². The maximum absolute atomic E-state index is 12.2. The average molecular weight is 274 g/mol. The van der Waals surface area contributed by atoms with E-state index in [-0.39, 0.29) is 11.9 Å². The van der Waals surface area contributed by atoms with Crippen LogP contribution in [0, 0.1) is 0 Å². The number of likely N-dealkylation sites (N-methyl/N-ethyl adjacent to an activating group) is 1. The van der Waals surface area contributed by atoms with Crippen LogP contribution in [0.5, 0.6) is 0 Å². The highest BCUT2D eigenvalue weighted by Crippen LogP contribution is 2.33. The molecule has 5 heteroatoms. The first-order valence-electron chi connectivity index (χ1n) is 6.96. The second-order valence-electron chi connectivity index (χ2n) is 5.47. The van der Waals surface area contributed by atoms with Crippen molar-refractivity contribution in [3.63, 3.8) is 0 Å². The highest BCUT2D eigenvalue weighted by molar-refractivity contribution is 5.93. The zero-order valence-corrected chi connectivity index (χ0v) is 11.5. The molecule has 1 N–H and O–H groups in total. The summed E-state index contributed by atoms with van der Waals surface area (Å²) >= 11 is 0. The third kappa shape index (κ3) is 1.94. The van der Waals surface area contributed by atoms with Crippen molar-refractivity contribution in [3.05, 3.63) is 29.3 Å². The fourth-order valence-electron chi connectivity index (χ4n) is 3.27. The maximum atomic E-state index is 12.2. The SMILES string of the molecule is CN1CCC(N2CCCc3c(C(=O)O)cccc32)C1=O. The molecule has 0 aliphatic carbocycles. The lowest BCUT2D eigenvalue weighted by Gasteiger charge is -2.35. The largest absolute Gasteiger partial charge is 0.478 e. The van der Waals surface area contributed by atoms with Crippen LogP contribution in [0.2, 0.25) is 0 Å². The summed E-state index contributed by atoms with van der Waals surface area (Å²) in [6, 6.07) is 5.21. The number of benzene rings is 1. The van der Waals surface area contributed by atoms with Crippen LogP contribution in [0.4, 0.5) is 5.69 Å². The Morgan fingerprint density at radius 1 is 1.35 bits per heavy atom. The van der Waals surface area contributed by atoms with Crippen LogP contribution in [0.25, 0.3) is 0 Å². The summed E-state index contributed by atoms with van der Waals surface area (Å²) in [4.78, 5) is 27.4. The zero-order chi connectivity index (χ0) is 14.3.